The minimum atomic E-state index is -2.92. The Morgan fingerprint density at radius 1 is 1.23 bits per heavy atom. The molecule has 0 N–H and O–H groups in total. The Kier molecular flexibility index (Phi) is 3.62. The van der Waals surface area contributed by atoms with Crippen LogP contribution in [0.5, 0.6) is 0 Å². The second kappa shape index (κ2) is 6.25. The molecule has 0 saturated heterocycles. The lowest BCUT2D eigenvalue weighted by Gasteiger charge is -2.07. The van der Waals surface area contributed by atoms with Crippen molar-refractivity contribution in [3.8, 4) is 11.1 Å². The van der Waals surface area contributed by atoms with Gasteiger partial charge >= 0.3 is 0 Å². The molecule has 3 aromatic heterocycles. The molecule has 1 aromatic carbocycles. The van der Waals surface area contributed by atoms with Gasteiger partial charge in [0.05, 0.1) is 18.6 Å². The van der Waals surface area contributed by atoms with Crippen LogP contribution in [0.4, 0.5) is 13.2 Å². The van der Waals surface area contributed by atoms with Gasteiger partial charge in [-0.15, -0.1) is 10.2 Å². The van der Waals surface area contributed by atoms with Gasteiger partial charge in [0.15, 0.2) is 0 Å². The Morgan fingerprint density at radius 3 is 2.81 bits per heavy atom. The molecule has 0 atom stereocenters. The Labute approximate surface area is 146 Å². The van der Waals surface area contributed by atoms with Crippen LogP contribution in [0.15, 0.2) is 41.1 Å². The summed E-state index contributed by atoms with van der Waals surface area (Å²) in [5, 5.41) is 11.7. The molecule has 132 valence electrons. The van der Waals surface area contributed by atoms with E-state index in [1.807, 2.05) is 0 Å². The van der Waals surface area contributed by atoms with Crippen molar-refractivity contribution in [2.45, 2.75) is 19.9 Å². The van der Waals surface area contributed by atoms with E-state index >= 15 is 0 Å². The lowest BCUT2D eigenvalue weighted by atomic mass is 10.0. The van der Waals surface area contributed by atoms with E-state index in [1.165, 1.54) is 16.9 Å². The zero-order valence-corrected chi connectivity index (χ0v) is 13.4. The second-order valence-corrected chi connectivity index (χ2v) is 5.61. The average Bonchev–Trinajstić information content (AvgIpc) is 3.18. The number of pyridine rings is 1. The van der Waals surface area contributed by atoms with Crippen LogP contribution in [0, 0.1) is 12.7 Å². The smallest absolute Gasteiger partial charge is 0.266 e. The average molecular weight is 360 g/mol. The topological polar surface area (TPSA) is 69.6 Å². The molecule has 0 bridgehead atoms. The first-order valence-electron chi connectivity index (χ1n) is 8.12. The highest BCUT2D eigenvalue weighted by molar-refractivity contribution is 5.80. The molecule has 0 aliphatic heterocycles. The first-order chi connectivity index (χ1) is 12.9. The molecule has 0 amide bonds. The number of fused-ring (bicyclic) bond motifs is 1. The van der Waals surface area contributed by atoms with Gasteiger partial charge in [-0.3, -0.25) is 9.67 Å². The van der Waals surface area contributed by atoms with Gasteiger partial charge in [0.25, 0.3) is 6.43 Å². The molecular formula is C17H12F3N5O. The zero-order valence-electron chi connectivity index (χ0n) is 14.4. The Hall–Kier alpha value is -3.23. The predicted octanol–water partition coefficient (Wildman–Crippen LogP) is 3.91. The van der Waals surface area contributed by atoms with E-state index in [2.05, 4.69) is 20.3 Å². The fourth-order valence-electron chi connectivity index (χ4n) is 2.60. The summed E-state index contributed by atoms with van der Waals surface area (Å²) in [6, 6.07) is 5.13. The highest BCUT2D eigenvalue weighted by Gasteiger charge is 2.15. The standard InChI is InChI=1S/C17H12F3N5O/c1-9-23-24-16(26-9)8-25-15-5-11(6-21-14(15)7-22-25)10-2-3-13(18)12(4-10)17(19)20/h2-7,17H,8H2,1H3/i7D. The van der Waals surface area contributed by atoms with E-state index in [1.54, 1.807) is 13.0 Å². The minimum Gasteiger partial charge on any atom is -0.424 e. The number of halogens is 3. The number of hydrogen-bond acceptors (Lipinski definition) is 5. The van der Waals surface area contributed by atoms with Gasteiger partial charge in [0.1, 0.15) is 17.9 Å². The van der Waals surface area contributed by atoms with E-state index in [0.717, 1.165) is 12.1 Å². The number of rotatable bonds is 4. The summed E-state index contributed by atoms with van der Waals surface area (Å²) in [5.74, 6) is -0.255. The van der Waals surface area contributed by atoms with Crippen molar-refractivity contribution in [2.24, 2.45) is 0 Å². The summed E-state index contributed by atoms with van der Waals surface area (Å²) >= 11 is 0. The summed E-state index contributed by atoms with van der Waals surface area (Å²) in [6.07, 6.45) is -1.53. The van der Waals surface area contributed by atoms with Gasteiger partial charge in [-0.1, -0.05) is 6.07 Å². The molecule has 26 heavy (non-hydrogen) atoms. The molecule has 0 aliphatic carbocycles. The van der Waals surface area contributed by atoms with Crippen molar-refractivity contribution in [2.75, 3.05) is 0 Å². The number of alkyl halides is 2. The lowest BCUT2D eigenvalue weighted by Crippen LogP contribution is -2.02. The maximum absolute atomic E-state index is 13.5. The van der Waals surface area contributed by atoms with Crippen molar-refractivity contribution in [1.29, 1.82) is 0 Å². The van der Waals surface area contributed by atoms with Crippen molar-refractivity contribution in [3.63, 3.8) is 0 Å². The third-order valence-corrected chi connectivity index (χ3v) is 3.84. The fourth-order valence-corrected chi connectivity index (χ4v) is 2.60. The van der Waals surface area contributed by atoms with Crippen molar-refractivity contribution < 1.29 is 19.0 Å². The number of aryl methyl sites for hydroxylation is 1. The predicted molar refractivity (Wildman–Crippen MR) is 86.0 cm³/mol. The largest absolute Gasteiger partial charge is 0.424 e. The number of hydrogen-bond donors (Lipinski definition) is 0. The quantitative estimate of drug-likeness (QED) is 0.552. The SMILES string of the molecule is [2H]c1nn(Cc2nnc(C)o2)c2cc(-c3ccc(F)c(C(F)F)c3)cnc12. The fraction of sp³-hybridized carbons (Fsp3) is 0.176. The molecular weight excluding hydrogens is 347 g/mol. The van der Waals surface area contributed by atoms with Gasteiger partial charge in [-0.2, -0.15) is 5.10 Å². The van der Waals surface area contributed by atoms with Crippen LogP contribution in [0.2, 0.25) is 0 Å². The Balaban J connectivity index is 1.79. The molecule has 0 fully saturated rings. The molecule has 0 unspecified atom stereocenters. The summed E-state index contributed by atoms with van der Waals surface area (Å²) < 4.78 is 54.2. The number of benzene rings is 1. The van der Waals surface area contributed by atoms with Gasteiger partial charge < -0.3 is 4.42 Å². The molecule has 9 heteroatoms. The number of aromatic nitrogens is 5. The van der Waals surface area contributed by atoms with E-state index in [0.29, 0.717) is 33.9 Å². The summed E-state index contributed by atoms with van der Waals surface area (Å²) in [5.41, 5.74) is 1.03. The molecule has 0 saturated carbocycles. The van der Waals surface area contributed by atoms with E-state index < -0.39 is 17.8 Å². The van der Waals surface area contributed by atoms with Crippen LogP contribution < -0.4 is 0 Å². The summed E-state index contributed by atoms with van der Waals surface area (Å²) in [7, 11) is 0. The normalized spacial score (nSPS) is 12.1. The molecule has 0 aliphatic rings. The zero-order chi connectivity index (χ0) is 19.1. The third-order valence-electron chi connectivity index (χ3n) is 3.84. The minimum absolute atomic E-state index is 0.0415. The molecule has 0 radical (unpaired) electrons. The Morgan fingerprint density at radius 2 is 2.08 bits per heavy atom. The first kappa shape index (κ1) is 15.1. The van der Waals surface area contributed by atoms with E-state index in [9.17, 15) is 13.2 Å². The van der Waals surface area contributed by atoms with Crippen LogP contribution in [-0.4, -0.2) is 25.0 Å². The van der Waals surface area contributed by atoms with Crippen molar-refractivity contribution in [1.82, 2.24) is 25.0 Å². The van der Waals surface area contributed by atoms with Crippen molar-refractivity contribution in [3.05, 3.63) is 59.8 Å². The van der Waals surface area contributed by atoms with E-state index in [4.69, 9.17) is 5.79 Å². The maximum atomic E-state index is 13.5. The third kappa shape index (κ3) is 2.92. The van der Waals surface area contributed by atoms with Crippen LogP contribution in [0.3, 0.4) is 0 Å². The highest BCUT2D eigenvalue weighted by atomic mass is 19.3. The molecule has 6 nitrogen and oxygen atoms in total. The molecule has 4 rings (SSSR count). The summed E-state index contributed by atoms with van der Waals surface area (Å²) in [4.78, 5) is 4.20. The molecule has 0 spiro atoms. The van der Waals surface area contributed by atoms with Gasteiger partial charge in [0, 0.05) is 18.7 Å². The van der Waals surface area contributed by atoms with Gasteiger partial charge in [-0.25, -0.2) is 13.2 Å². The Bertz CT molecular complexity index is 1140. The number of nitrogens with zero attached hydrogens (tertiary/aromatic N) is 5. The van der Waals surface area contributed by atoms with Crippen molar-refractivity contribution >= 4 is 11.0 Å². The van der Waals surface area contributed by atoms with Crippen LogP contribution in [0.25, 0.3) is 22.2 Å². The van der Waals surface area contributed by atoms with Crippen LogP contribution >= 0.6 is 0 Å². The van der Waals surface area contributed by atoms with Crippen LogP contribution in [0.1, 0.15) is 25.1 Å². The first-order valence-corrected chi connectivity index (χ1v) is 7.62. The molecule has 3 heterocycles. The molecule has 4 aromatic rings. The second-order valence-electron chi connectivity index (χ2n) is 5.61. The van der Waals surface area contributed by atoms with Gasteiger partial charge in [0.2, 0.25) is 11.8 Å². The summed E-state index contributed by atoms with van der Waals surface area (Å²) in [6.45, 7) is 1.79. The van der Waals surface area contributed by atoms with E-state index in [-0.39, 0.29) is 12.7 Å². The maximum Gasteiger partial charge on any atom is 0.266 e. The van der Waals surface area contributed by atoms with Gasteiger partial charge in [-0.05, 0) is 23.8 Å². The highest BCUT2D eigenvalue weighted by Crippen LogP contribution is 2.29. The van der Waals surface area contributed by atoms with Crippen LogP contribution in [-0.2, 0) is 6.54 Å². The monoisotopic (exact) mass is 360 g/mol. The lowest BCUT2D eigenvalue weighted by molar-refractivity contribution is 0.146.